The summed E-state index contributed by atoms with van der Waals surface area (Å²) in [7, 11) is 0. The van der Waals surface area contributed by atoms with Crippen LogP contribution in [0.25, 0.3) is 11.4 Å². The lowest BCUT2D eigenvalue weighted by Crippen LogP contribution is -2.24. The molecule has 8 heteroatoms. The smallest absolute Gasteiger partial charge is 0.232 e. The Morgan fingerprint density at radius 2 is 2.07 bits per heavy atom. The van der Waals surface area contributed by atoms with Crippen molar-refractivity contribution in [2.24, 2.45) is 0 Å². The summed E-state index contributed by atoms with van der Waals surface area (Å²) in [6.07, 6.45) is 2.33. The highest BCUT2D eigenvalue weighted by atomic mass is 35.5. The van der Waals surface area contributed by atoms with Crippen molar-refractivity contribution >= 4 is 29.3 Å². The van der Waals surface area contributed by atoms with Gasteiger partial charge in [0, 0.05) is 30.0 Å². The fourth-order valence-electron chi connectivity index (χ4n) is 3.21. The molecule has 1 fully saturated rings. The van der Waals surface area contributed by atoms with E-state index in [1.807, 2.05) is 30.5 Å². The highest BCUT2D eigenvalue weighted by molar-refractivity contribution is 7.98. The predicted octanol–water partition coefficient (Wildman–Crippen LogP) is 4.77. The first-order valence-corrected chi connectivity index (χ1v) is 10.3. The van der Waals surface area contributed by atoms with Crippen LogP contribution >= 0.6 is 23.4 Å². The molecule has 5 nitrogen and oxygen atoms in total. The molecule has 1 saturated heterocycles. The molecule has 3 aromatic rings. The van der Waals surface area contributed by atoms with Crippen LogP contribution in [-0.4, -0.2) is 33.7 Å². The molecule has 28 heavy (non-hydrogen) atoms. The zero-order chi connectivity index (χ0) is 19.7. The van der Waals surface area contributed by atoms with Crippen LogP contribution in [0, 0.1) is 5.82 Å². The average molecular weight is 418 g/mol. The van der Waals surface area contributed by atoms with E-state index in [4.69, 9.17) is 16.1 Å². The molecule has 1 unspecified atom stereocenters. The highest BCUT2D eigenvalue weighted by Gasteiger charge is 2.34. The van der Waals surface area contributed by atoms with Gasteiger partial charge in [-0.2, -0.15) is 4.98 Å². The third kappa shape index (κ3) is 3.91. The van der Waals surface area contributed by atoms with Gasteiger partial charge < -0.3 is 9.42 Å². The van der Waals surface area contributed by atoms with Gasteiger partial charge in [-0.15, -0.1) is 11.8 Å². The van der Waals surface area contributed by atoms with Gasteiger partial charge in [-0.1, -0.05) is 22.8 Å². The lowest BCUT2D eigenvalue weighted by molar-refractivity contribution is -0.128. The van der Waals surface area contributed by atoms with Crippen LogP contribution in [-0.2, 0) is 11.3 Å². The van der Waals surface area contributed by atoms with Gasteiger partial charge in [0.1, 0.15) is 5.82 Å². The topological polar surface area (TPSA) is 59.2 Å². The van der Waals surface area contributed by atoms with Crippen molar-refractivity contribution < 1.29 is 13.7 Å². The van der Waals surface area contributed by atoms with Crippen LogP contribution in [0.2, 0.25) is 5.02 Å². The second-order valence-corrected chi connectivity index (χ2v) is 7.90. The maximum atomic E-state index is 13.3. The summed E-state index contributed by atoms with van der Waals surface area (Å²) in [5.74, 6) is 0.334. The van der Waals surface area contributed by atoms with E-state index in [-0.39, 0.29) is 16.8 Å². The summed E-state index contributed by atoms with van der Waals surface area (Å²) in [5.41, 5.74) is 1.65. The first-order valence-electron chi connectivity index (χ1n) is 8.73. The number of halogens is 2. The lowest BCUT2D eigenvalue weighted by atomic mass is 10.1. The molecule has 2 heterocycles. The van der Waals surface area contributed by atoms with Crippen molar-refractivity contribution in [3.63, 3.8) is 0 Å². The zero-order valence-corrected chi connectivity index (χ0v) is 16.6. The van der Waals surface area contributed by atoms with Crippen molar-refractivity contribution in [3.05, 3.63) is 64.8 Å². The van der Waals surface area contributed by atoms with Crippen molar-refractivity contribution in [2.75, 3.05) is 12.8 Å². The van der Waals surface area contributed by atoms with Gasteiger partial charge in [-0.3, -0.25) is 4.79 Å². The van der Waals surface area contributed by atoms with E-state index in [2.05, 4.69) is 10.1 Å². The average Bonchev–Trinajstić information content (AvgIpc) is 3.32. The number of carbonyl (C=O) groups excluding carboxylic acids is 1. The number of amides is 1. The molecule has 1 aromatic heterocycles. The zero-order valence-electron chi connectivity index (χ0n) is 15.1. The molecule has 0 N–H and O–H groups in total. The summed E-state index contributed by atoms with van der Waals surface area (Å²) in [4.78, 5) is 19.7. The Balaban J connectivity index is 1.46. The first-order chi connectivity index (χ1) is 13.5. The number of thioether (sulfide) groups is 1. The van der Waals surface area contributed by atoms with Crippen molar-refractivity contribution in [2.45, 2.75) is 23.8 Å². The largest absolute Gasteiger partial charge is 0.339 e. The Hall–Kier alpha value is -2.38. The van der Waals surface area contributed by atoms with Crippen LogP contribution in [0.4, 0.5) is 4.39 Å². The molecule has 0 radical (unpaired) electrons. The molecule has 0 saturated carbocycles. The highest BCUT2D eigenvalue weighted by Crippen LogP contribution is 2.30. The minimum atomic E-state index is -0.472. The van der Waals surface area contributed by atoms with Gasteiger partial charge in [0.05, 0.1) is 10.9 Å². The van der Waals surface area contributed by atoms with Crippen LogP contribution in [0.5, 0.6) is 0 Å². The fourth-order valence-corrected chi connectivity index (χ4v) is 3.82. The van der Waals surface area contributed by atoms with Gasteiger partial charge in [0.25, 0.3) is 0 Å². The fraction of sp³-hybridized carbons (Fsp3) is 0.250. The molecular formula is C20H17ClFN3O2S. The van der Waals surface area contributed by atoms with Crippen molar-refractivity contribution in [1.29, 1.82) is 0 Å². The monoisotopic (exact) mass is 417 g/mol. The number of hydrogen-bond donors (Lipinski definition) is 0. The number of carbonyl (C=O) groups is 1. The SMILES string of the molecule is CSc1ccc(-c2noc(C3CC(=O)N(Cc4ccc(F)c(Cl)c4)C3)n2)cc1. The molecule has 1 atom stereocenters. The van der Waals surface area contributed by atoms with Crippen LogP contribution < -0.4 is 0 Å². The van der Waals surface area contributed by atoms with E-state index in [1.165, 1.54) is 6.07 Å². The normalized spacial score (nSPS) is 16.8. The van der Waals surface area contributed by atoms with E-state index in [0.29, 0.717) is 31.2 Å². The Morgan fingerprint density at radius 3 is 2.79 bits per heavy atom. The molecule has 0 bridgehead atoms. The molecule has 1 amide bonds. The second kappa shape index (κ2) is 7.93. The van der Waals surface area contributed by atoms with Crippen molar-refractivity contribution in [1.82, 2.24) is 15.0 Å². The Kier molecular flexibility index (Phi) is 5.37. The molecule has 0 aliphatic carbocycles. The van der Waals surface area contributed by atoms with Crippen molar-refractivity contribution in [3.8, 4) is 11.4 Å². The predicted molar refractivity (Wildman–Crippen MR) is 106 cm³/mol. The number of rotatable bonds is 5. The second-order valence-electron chi connectivity index (χ2n) is 6.61. The maximum absolute atomic E-state index is 13.3. The molecule has 144 valence electrons. The van der Waals surface area contributed by atoms with Gasteiger partial charge in [0.2, 0.25) is 17.6 Å². The van der Waals surface area contributed by atoms with Gasteiger partial charge in [-0.25, -0.2) is 4.39 Å². The number of benzene rings is 2. The minimum Gasteiger partial charge on any atom is -0.339 e. The third-order valence-corrected chi connectivity index (χ3v) is 5.74. The lowest BCUT2D eigenvalue weighted by Gasteiger charge is -2.16. The minimum absolute atomic E-state index is 0.00507. The Bertz CT molecular complexity index is 1010. The Labute approximate surface area is 170 Å². The third-order valence-electron chi connectivity index (χ3n) is 4.71. The molecule has 1 aliphatic heterocycles. The summed E-state index contributed by atoms with van der Waals surface area (Å²) in [6, 6.07) is 12.4. The van der Waals surface area contributed by atoms with E-state index < -0.39 is 5.82 Å². The Morgan fingerprint density at radius 1 is 1.29 bits per heavy atom. The summed E-state index contributed by atoms with van der Waals surface area (Å²) in [6.45, 7) is 0.841. The molecule has 0 spiro atoms. The van der Waals surface area contributed by atoms with Crippen LogP contribution in [0.3, 0.4) is 0 Å². The molecular weight excluding hydrogens is 401 g/mol. The van der Waals surface area contributed by atoms with E-state index >= 15 is 0 Å². The number of hydrogen-bond acceptors (Lipinski definition) is 5. The van der Waals surface area contributed by atoms with E-state index in [0.717, 1.165) is 16.0 Å². The standard InChI is InChI=1S/C20H17ClFN3O2S/c1-28-15-5-3-13(4-6-15)19-23-20(27-24-19)14-9-18(26)25(11-14)10-12-2-7-17(22)16(21)8-12/h2-8,14H,9-11H2,1H3. The molecule has 4 rings (SSSR count). The quantitative estimate of drug-likeness (QED) is 0.560. The number of nitrogens with zero attached hydrogens (tertiary/aromatic N) is 3. The van der Waals surface area contributed by atoms with Crippen LogP contribution in [0.15, 0.2) is 51.9 Å². The maximum Gasteiger partial charge on any atom is 0.232 e. The summed E-state index contributed by atoms with van der Waals surface area (Å²) < 4.78 is 18.7. The molecule has 1 aliphatic rings. The summed E-state index contributed by atoms with van der Waals surface area (Å²) >= 11 is 7.49. The van der Waals surface area contributed by atoms with Crippen LogP contribution in [0.1, 0.15) is 23.8 Å². The number of aromatic nitrogens is 2. The first kappa shape index (κ1) is 19.0. The van der Waals surface area contributed by atoms with Gasteiger partial charge >= 0.3 is 0 Å². The van der Waals surface area contributed by atoms with E-state index in [1.54, 1.807) is 28.8 Å². The van der Waals surface area contributed by atoms with Gasteiger partial charge in [0.15, 0.2) is 0 Å². The number of likely N-dealkylation sites (tertiary alicyclic amines) is 1. The van der Waals surface area contributed by atoms with Gasteiger partial charge in [-0.05, 0) is 48.2 Å². The van der Waals surface area contributed by atoms with E-state index in [9.17, 15) is 9.18 Å². The summed E-state index contributed by atoms with van der Waals surface area (Å²) in [5, 5.41) is 4.11. The molecule has 2 aromatic carbocycles.